The molecule has 0 bridgehead atoms. The summed E-state index contributed by atoms with van der Waals surface area (Å²) in [6, 6.07) is 5.32. The largest absolute Gasteiger partial charge is 0.458 e. The number of aromatic nitrogens is 2. The Morgan fingerprint density at radius 3 is 2.87 bits per heavy atom. The molecule has 3 aliphatic heterocycles. The lowest BCUT2D eigenvalue weighted by atomic mass is 9.86. The summed E-state index contributed by atoms with van der Waals surface area (Å²) in [5.74, 6) is 0.257. The molecule has 0 saturated carbocycles. The maximum Gasteiger partial charge on any atom is 0.343 e. The molecule has 0 spiro atoms. The minimum absolute atomic E-state index is 0.0960. The molecule has 0 amide bonds. The first-order valence-electron chi connectivity index (χ1n) is 9.51. The first-order chi connectivity index (χ1) is 14.4. The van der Waals surface area contributed by atoms with E-state index in [0.717, 1.165) is 5.56 Å². The van der Waals surface area contributed by atoms with E-state index in [1.807, 2.05) is 6.07 Å². The number of hydrogen-bond donors (Lipinski definition) is 1. The summed E-state index contributed by atoms with van der Waals surface area (Å²) in [5, 5.41) is 12.0. The second kappa shape index (κ2) is 5.74. The van der Waals surface area contributed by atoms with Gasteiger partial charge in [-0.3, -0.25) is 4.79 Å². The van der Waals surface area contributed by atoms with Gasteiger partial charge in [0.05, 0.1) is 34.0 Å². The monoisotopic (exact) mass is 426 g/mol. The molecule has 9 heteroatoms. The zero-order chi connectivity index (χ0) is 20.8. The summed E-state index contributed by atoms with van der Waals surface area (Å²) in [6.45, 7) is 1.92. The number of hydrogen-bond acceptors (Lipinski definition) is 7. The van der Waals surface area contributed by atoms with Gasteiger partial charge in [-0.15, -0.1) is 0 Å². The normalized spacial score (nSPS) is 20.7. The van der Waals surface area contributed by atoms with Crippen LogP contribution in [0.5, 0.6) is 11.5 Å². The second-order valence-corrected chi connectivity index (χ2v) is 7.97. The van der Waals surface area contributed by atoms with E-state index >= 15 is 0 Å². The maximum absolute atomic E-state index is 13.2. The number of cyclic esters (lactones) is 1. The van der Waals surface area contributed by atoms with Crippen molar-refractivity contribution in [2.24, 2.45) is 0 Å². The smallest absolute Gasteiger partial charge is 0.343 e. The molecule has 30 heavy (non-hydrogen) atoms. The van der Waals surface area contributed by atoms with Crippen LogP contribution in [-0.4, -0.2) is 27.4 Å². The van der Waals surface area contributed by atoms with Gasteiger partial charge in [-0.25, -0.2) is 9.78 Å². The summed E-state index contributed by atoms with van der Waals surface area (Å²) < 4.78 is 17.5. The number of ether oxygens (including phenoxy) is 3. The number of benzene rings is 1. The minimum Gasteiger partial charge on any atom is -0.458 e. The van der Waals surface area contributed by atoms with E-state index in [0.29, 0.717) is 50.9 Å². The van der Waals surface area contributed by atoms with E-state index < -0.39 is 11.6 Å². The molecule has 1 aromatic carbocycles. The van der Waals surface area contributed by atoms with Crippen LogP contribution in [0.15, 0.2) is 23.0 Å². The fraction of sp³-hybridized carbons (Fsp3) is 0.286. The van der Waals surface area contributed by atoms with Gasteiger partial charge in [0, 0.05) is 22.6 Å². The highest BCUT2D eigenvalue weighted by Gasteiger charge is 2.45. The average molecular weight is 427 g/mol. The molecule has 2 aromatic heterocycles. The first-order valence-corrected chi connectivity index (χ1v) is 9.89. The van der Waals surface area contributed by atoms with Crippen LogP contribution < -0.4 is 15.0 Å². The topological polar surface area (TPSA) is 99.9 Å². The molecular weight excluding hydrogens is 412 g/mol. The van der Waals surface area contributed by atoms with Crippen LogP contribution >= 0.6 is 11.6 Å². The molecule has 1 atom stereocenters. The highest BCUT2D eigenvalue weighted by Crippen LogP contribution is 2.45. The summed E-state index contributed by atoms with van der Waals surface area (Å²) >= 11 is 6.51. The molecule has 0 unspecified atom stereocenters. The lowest BCUT2D eigenvalue weighted by Crippen LogP contribution is -2.44. The van der Waals surface area contributed by atoms with E-state index in [4.69, 9.17) is 30.8 Å². The number of halogens is 1. The van der Waals surface area contributed by atoms with Gasteiger partial charge in [0.25, 0.3) is 5.56 Å². The molecule has 3 aliphatic rings. The van der Waals surface area contributed by atoms with Crippen LogP contribution in [0.1, 0.15) is 30.0 Å². The van der Waals surface area contributed by atoms with E-state index in [1.165, 1.54) is 0 Å². The minimum atomic E-state index is -1.85. The van der Waals surface area contributed by atoms with Gasteiger partial charge in [-0.2, -0.15) is 0 Å². The number of carbonyl (C=O) groups is 1. The van der Waals surface area contributed by atoms with Crippen LogP contribution in [0.2, 0.25) is 5.02 Å². The Hall–Kier alpha value is -3.10. The molecule has 6 rings (SSSR count). The van der Waals surface area contributed by atoms with Crippen molar-refractivity contribution >= 4 is 28.5 Å². The Labute approximate surface area is 174 Å². The van der Waals surface area contributed by atoms with Crippen LogP contribution in [0.25, 0.3) is 22.3 Å². The van der Waals surface area contributed by atoms with Crippen molar-refractivity contribution in [1.29, 1.82) is 0 Å². The molecule has 5 heterocycles. The van der Waals surface area contributed by atoms with Crippen molar-refractivity contribution in [3.8, 4) is 22.9 Å². The predicted molar refractivity (Wildman–Crippen MR) is 106 cm³/mol. The van der Waals surface area contributed by atoms with E-state index in [1.54, 1.807) is 23.6 Å². The number of fused-ring (bicyclic) bond motifs is 6. The van der Waals surface area contributed by atoms with Gasteiger partial charge < -0.3 is 23.9 Å². The molecule has 0 aliphatic carbocycles. The van der Waals surface area contributed by atoms with Gasteiger partial charge in [0.15, 0.2) is 17.1 Å². The number of aliphatic hydroxyl groups is 1. The summed E-state index contributed by atoms with van der Waals surface area (Å²) in [7, 11) is 0. The number of esters is 1. The SMILES string of the molecule is CC[C@@]1(O)C(=O)OCc2c1cc1n(c2=O)Cc2cc3c(Cl)c4c(cc3nc2-1)OCO4. The van der Waals surface area contributed by atoms with E-state index in [-0.39, 0.29) is 30.9 Å². The van der Waals surface area contributed by atoms with Gasteiger partial charge in [0.2, 0.25) is 6.79 Å². The van der Waals surface area contributed by atoms with E-state index in [9.17, 15) is 14.7 Å². The third-order valence-corrected chi connectivity index (χ3v) is 6.47. The first kappa shape index (κ1) is 17.7. The van der Waals surface area contributed by atoms with Crippen LogP contribution in [-0.2, 0) is 28.3 Å². The average Bonchev–Trinajstić information content (AvgIpc) is 3.35. The third-order valence-electron chi connectivity index (χ3n) is 6.09. The lowest BCUT2D eigenvalue weighted by molar-refractivity contribution is -0.172. The fourth-order valence-corrected chi connectivity index (χ4v) is 4.73. The molecule has 1 N–H and O–H groups in total. The van der Waals surface area contributed by atoms with E-state index in [2.05, 4.69) is 0 Å². The van der Waals surface area contributed by atoms with Gasteiger partial charge >= 0.3 is 5.97 Å². The van der Waals surface area contributed by atoms with Crippen molar-refractivity contribution in [3.05, 3.63) is 50.3 Å². The molecule has 0 saturated heterocycles. The molecule has 152 valence electrons. The zero-order valence-electron chi connectivity index (χ0n) is 15.8. The fourth-order valence-electron chi connectivity index (χ4n) is 4.43. The van der Waals surface area contributed by atoms with Gasteiger partial charge in [-0.1, -0.05) is 18.5 Å². The highest BCUT2D eigenvalue weighted by atomic mass is 35.5. The van der Waals surface area contributed by atoms with Crippen LogP contribution in [0, 0.1) is 0 Å². The number of rotatable bonds is 1. The number of carbonyl (C=O) groups excluding carboxylic acids is 1. The molecule has 0 fully saturated rings. The van der Waals surface area contributed by atoms with Crippen molar-refractivity contribution in [2.45, 2.75) is 32.1 Å². The van der Waals surface area contributed by atoms with Gasteiger partial charge in [-0.05, 0) is 18.6 Å². The second-order valence-electron chi connectivity index (χ2n) is 7.59. The predicted octanol–water partition coefficient (Wildman–Crippen LogP) is 2.46. The Morgan fingerprint density at radius 1 is 1.23 bits per heavy atom. The molecule has 3 aromatic rings. The van der Waals surface area contributed by atoms with Crippen molar-refractivity contribution in [2.75, 3.05) is 6.79 Å². The third kappa shape index (κ3) is 2.07. The maximum atomic E-state index is 13.2. The van der Waals surface area contributed by atoms with Crippen molar-refractivity contribution in [1.82, 2.24) is 9.55 Å². The van der Waals surface area contributed by atoms with Gasteiger partial charge in [0.1, 0.15) is 6.61 Å². The van der Waals surface area contributed by atoms with Crippen molar-refractivity contribution in [3.63, 3.8) is 0 Å². The summed E-state index contributed by atoms with van der Waals surface area (Å²) in [4.78, 5) is 30.2. The quantitative estimate of drug-likeness (QED) is 0.467. The Bertz CT molecular complexity index is 1360. The standard InChI is InChI=1S/C21H15ClN2O6/c1-2-21(27)12-4-14-17-9(6-24(14)19(25)11(12)7-28-20(21)26)3-10-13(23-17)5-15-18(16(10)22)30-8-29-15/h3-5,27H,2,6-8H2,1H3/t21-/m0/s1. The highest BCUT2D eigenvalue weighted by molar-refractivity contribution is 6.37. The molecule has 8 nitrogen and oxygen atoms in total. The summed E-state index contributed by atoms with van der Waals surface area (Å²) in [6.07, 6.45) is 0.0960. The lowest BCUT2D eigenvalue weighted by Gasteiger charge is -2.31. The Balaban J connectivity index is 1.62. The van der Waals surface area contributed by atoms with Crippen LogP contribution in [0.4, 0.5) is 0 Å². The number of nitrogens with zero attached hydrogens (tertiary/aromatic N) is 2. The molecule has 0 radical (unpaired) electrons. The molecular formula is C21H15ClN2O6. The summed E-state index contributed by atoms with van der Waals surface area (Å²) in [5.41, 5.74) is 0.999. The Morgan fingerprint density at radius 2 is 2.07 bits per heavy atom. The Kier molecular flexibility index (Phi) is 3.39. The van der Waals surface area contributed by atoms with Crippen molar-refractivity contribution < 1.29 is 24.1 Å². The zero-order valence-corrected chi connectivity index (χ0v) is 16.6. The number of pyridine rings is 2. The van der Waals surface area contributed by atoms with Crippen LogP contribution in [0.3, 0.4) is 0 Å².